The topological polar surface area (TPSA) is 151 Å². The van der Waals surface area contributed by atoms with Crippen LogP contribution in [-0.4, -0.2) is 71.8 Å². The maximum Gasteiger partial charge on any atom is 0.164 e. The Kier molecular flexibility index (Phi) is 41.7. The number of fused-ring (bicyclic) bond motifs is 3. The van der Waals surface area contributed by atoms with Gasteiger partial charge in [0, 0.05) is 128 Å². The van der Waals surface area contributed by atoms with Gasteiger partial charge < -0.3 is 15.3 Å². The molecule has 0 saturated heterocycles. The molecule has 15 heteroatoms. The van der Waals surface area contributed by atoms with Gasteiger partial charge in [-0.2, -0.15) is 0 Å². The van der Waals surface area contributed by atoms with E-state index in [-0.39, 0.29) is 123 Å². The third kappa shape index (κ3) is 31.9. The zero-order valence-electron chi connectivity index (χ0n) is 87.1. The minimum Gasteiger partial charge on any atom is -0.512 e. The van der Waals surface area contributed by atoms with Crippen molar-refractivity contribution in [2.45, 2.75) is 223 Å². The van der Waals surface area contributed by atoms with Crippen molar-refractivity contribution >= 4 is 89.8 Å². The van der Waals surface area contributed by atoms with Gasteiger partial charge in [0.05, 0.1) is 46.5 Å². The van der Waals surface area contributed by atoms with E-state index < -0.39 is 35.1 Å². The van der Waals surface area contributed by atoms with Crippen LogP contribution >= 0.6 is 0 Å². The molecular formula is C123H146Ir3N3O6Si3-3. The number of ketones is 3. The minimum atomic E-state index is -1.54. The van der Waals surface area contributed by atoms with Crippen LogP contribution in [0.2, 0.25) is 58.9 Å². The van der Waals surface area contributed by atoms with Gasteiger partial charge in [0.2, 0.25) is 0 Å². The summed E-state index contributed by atoms with van der Waals surface area (Å²) >= 11 is 0. The predicted octanol–water partition coefficient (Wildman–Crippen LogP) is 32.3. The van der Waals surface area contributed by atoms with Gasteiger partial charge in [-0.1, -0.05) is 426 Å². The first kappa shape index (κ1) is 117. The zero-order valence-corrected chi connectivity index (χ0v) is 97.3. The molecule has 0 aliphatic rings. The van der Waals surface area contributed by atoms with Gasteiger partial charge in [-0.05, 0) is 98.0 Å². The monoisotopic (exact) mass is 2420 g/mol. The molecule has 9 nitrogen and oxygen atoms in total. The van der Waals surface area contributed by atoms with E-state index in [9.17, 15) is 29.7 Å². The number of aromatic nitrogens is 3. The number of carbonyl (C=O) groups is 3. The molecule has 0 aliphatic carbocycles. The van der Waals surface area contributed by atoms with Crippen molar-refractivity contribution in [2.24, 2.45) is 33.0 Å². The Morgan fingerprint density at radius 1 is 0.348 bits per heavy atom. The Morgan fingerprint density at radius 2 is 0.688 bits per heavy atom. The van der Waals surface area contributed by atoms with Gasteiger partial charge >= 0.3 is 0 Å². The third-order valence-corrected chi connectivity index (χ3v) is 30.6. The van der Waals surface area contributed by atoms with Gasteiger partial charge in [-0.25, -0.2) is 0 Å². The maximum atomic E-state index is 11.8. The van der Waals surface area contributed by atoms with Crippen LogP contribution < -0.4 is 15.6 Å². The number of hydrogen-bond acceptors (Lipinski definition) is 9. The average molecular weight is 2420 g/mol. The summed E-state index contributed by atoms with van der Waals surface area (Å²) in [4.78, 5) is 49.9. The Hall–Kier alpha value is -10.1. The second-order valence-corrected chi connectivity index (χ2v) is 59.2. The van der Waals surface area contributed by atoms with Crippen LogP contribution in [0.5, 0.6) is 0 Å². The fourth-order valence-electron chi connectivity index (χ4n) is 14.8. The number of nitrogens with zero attached hydrogens (tertiary/aromatic N) is 3. The van der Waals surface area contributed by atoms with Crippen LogP contribution in [0, 0.1) is 58.1 Å². The van der Waals surface area contributed by atoms with Crippen molar-refractivity contribution in [1.29, 1.82) is 0 Å². The van der Waals surface area contributed by atoms with E-state index in [0.29, 0.717) is 0 Å². The molecule has 0 atom stereocenters. The van der Waals surface area contributed by atoms with Crippen LogP contribution in [0.15, 0.2) is 308 Å². The molecular weight excluding hydrogens is 2280 g/mol. The maximum absolute atomic E-state index is 11.8. The summed E-state index contributed by atoms with van der Waals surface area (Å²) in [5, 5.41) is 36.8. The van der Waals surface area contributed by atoms with Crippen molar-refractivity contribution in [1.82, 2.24) is 15.0 Å². The van der Waals surface area contributed by atoms with Crippen molar-refractivity contribution in [3.05, 3.63) is 338 Å². The number of carbonyl (C=O) groups excluding carboxylic acids is 3. The van der Waals surface area contributed by atoms with Crippen molar-refractivity contribution < 1.29 is 90.0 Å². The summed E-state index contributed by atoms with van der Waals surface area (Å²) in [5.41, 5.74) is 22.4. The van der Waals surface area contributed by atoms with E-state index in [1.165, 1.54) is 111 Å². The second kappa shape index (κ2) is 49.3. The molecule has 0 bridgehead atoms. The molecule has 0 fully saturated rings. The first-order chi connectivity index (χ1) is 63.0. The van der Waals surface area contributed by atoms with E-state index in [1.54, 1.807) is 0 Å². The van der Waals surface area contributed by atoms with E-state index in [2.05, 4.69) is 366 Å². The molecule has 11 aromatic carbocycles. The van der Waals surface area contributed by atoms with Crippen LogP contribution in [0.1, 0.15) is 162 Å². The molecule has 3 aromatic heterocycles. The fourth-order valence-corrected chi connectivity index (χ4v) is 19.6. The number of hydrogen-bond donors (Lipinski definition) is 3. The van der Waals surface area contributed by atoms with Crippen LogP contribution in [0.25, 0.3) is 122 Å². The zero-order chi connectivity index (χ0) is 99.7. The van der Waals surface area contributed by atoms with E-state index >= 15 is 0 Å². The number of aliphatic hydroxyl groups is 3. The molecule has 138 heavy (non-hydrogen) atoms. The first-order valence-electron chi connectivity index (χ1n) is 47.6. The summed E-state index contributed by atoms with van der Waals surface area (Å²) in [7, 11) is -4.59. The number of aliphatic hydroxyl groups excluding tert-OH is 3. The molecule has 3 N–H and O–H groups in total. The number of aryl methyl sites for hydroxylation is 1. The normalized spacial score (nSPS) is 12.2. The number of allylic oxidation sites excluding steroid dienone is 6. The standard InChI is InChI=1S/C31H28NSi.C30H26NSi.C28H30NSi.C13H24O2.C11H20O2.C10H18O2.3Ir/c1-22-19-25(23-11-7-5-8-12-23)21-26(20-22)28-16-15-27-29(32-28)17-18-30(33(2,3)4)31(27)24-13-9-6-10-14-24;1-32(2,3)29-20-19-28-26(30(29)23-13-8-5-9-14-23)17-18-27(31-28)25-16-10-15-24(21-25)22-11-6-4-7-12-22;1-28(2,3)22-14-12-20(13-15-22)24-17-16-23-25(29-24)18-19-26(30(4,5)6)27(23)21-10-8-7-9-11-21;1-7-12(3,4)10(14)9-11(15)13(5,6)8-2;1-10(2,3)8(12)7-9(13)11(4,5)6;1-7(2)8(11)6-9(12)10(3,4)5;;;/h5-19,21H,1-4H3;4-15,17-21H,1-3H3;7-12,14-19H,1-6H3;9,14H,7-8H2,1-6H3;7,12H,1-6H3;6-7,11H,1-5H3;;;/q3*-1;;;;;;. The fraction of sp³-hybridized carbons (Fsp3) is 0.317. The van der Waals surface area contributed by atoms with Crippen LogP contribution in [-0.2, 0) is 80.1 Å². The first-order valence-corrected chi connectivity index (χ1v) is 58.1. The molecule has 0 saturated carbocycles. The van der Waals surface area contributed by atoms with Crippen LogP contribution in [0.4, 0.5) is 0 Å². The molecule has 0 aliphatic heterocycles. The second-order valence-electron chi connectivity index (χ2n) is 44.1. The molecule has 0 amide bonds. The van der Waals surface area contributed by atoms with Gasteiger partial charge in [-0.3, -0.25) is 29.3 Å². The summed E-state index contributed by atoms with van der Waals surface area (Å²) < 4.78 is 0. The number of benzene rings is 11. The summed E-state index contributed by atoms with van der Waals surface area (Å²) in [6, 6.07) is 107. The van der Waals surface area contributed by atoms with Crippen molar-refractivity contribution in [3.8, 4) is 89.4 Å². The smallest absolute Gasteiger partial charge is 0.164 e. The van der Waals surface area contributed by atoms with E-state index in [4.69, 9.17) is 15.0 Å². The minimum absolute atomic E-state index is 0. The molecule has 0 spiro atoms. The quantitative estimate of drug-likeness (QED) is 0.0311. The Bertz CT molecular complexity index is 6520. The molecule has 14 rings (SSSR count). The Labute approximate surface area is 870 Å². The van der Waals surface area contributed by atoms with Crippen molar-refractivity contribution in [3.63, 3.8) is 0 Å². The predicted molar refractivity (Wildman–Crippen MR) is 586 cm³/mol. The molecule has 731 valence electrons. The molecule has 3 radical (unpaired) electrons. The van der Waals surface area contributed by atoms with Gasteiger partial charge in [0.1, 0.15) is 11.5 Å². The summed E-state index contributed by atoms with van der Waals surface area (Å²) in [5.74, 6) is 0.452. The Morgan fingerprint density at radius 3 is 1.02 bits per heavy atom. The van der Waals surface area contributed by atoms with Gasteiger partial charge in [-0.15, -0.1) is 106 Å². The third-order valence-electron chi connectivity index (χ3n) is 24.5. The van der Waals surface area contributed by atoms with Crippen LogP contribution in [0.3, 0.4) is 0 Å². The van der Waals surface area contributed by atoms with E-state index in [1.807, 2.05) is 130 Å². The van der Waals surface area contributed by atoms with Gasteiger partial charge in [0.15, 0.2) is 17.3 Å². The van der Waals surface area contributed by atoms with Crippen molar-refractivity contribution in [2.75, 3.05) is 0 Å². The summed E-state index contributed by atoms with van der Waals surface area (Å²) in [6.45, 7) is 62.4. The summed E-state index contributed by atoms with van der Waals surface area (Å²) in [6.07, 6.45) is 5.65. The SMILES string of the molecule is CC(C)(C)C(=O)C=C(O)C(C)(C)C.CC(C)(C)c1c[c-]c(-c2ccc3c(-c4ccccc4)c([Si](C)(C)C)ccc3n2)cc1.CC(C)C(O)=CC(=O)C(C)(C)C.CCC(C)(C)C(=O)C=C(O)C(C)(C)CC.C[Si](C)(C)c1ccc2nc(-c3[c-]ccc(-c4ccccc4)c3)ccc2c1-c1ccccc1.Cc1[c-]c(-c2ccc3c(-c4ccccc4)c([Si](C)(C)C)ccc3n2)cc(-c2ccccc2)c1.[Ir].[Ir].[Ir]. The largest absolute Gasteiger partial charge is 0.512 e. The molecule has 3 heterocycles. The number of rotatable bonds is 19. The Balaban J connectivity index is 0.000000264. The molecule has 14 aromatic rings. The molecule has 0 unspecified atom stereocenters. The average Bonchev–Trinajstić information content (AvgIpc) is 0.766. The van der Waals surface area contributed by atoms with Gasteiger partial charge in [0.25, 0.3) is 0 Å². The number of pyridine rings is 3. The van der Waals surface area contributed by atoms with E-state index in [0.717, 1.165) is 68.7 Å².